The van der Waals surface area contributed by atoms with Crippen molar-refractivity contribution in [1.82, 2.24) is 5.32 Å². The van der Waals surface area contributed by atoms with Crippen LogP contribution in [-0.4, -0.2) is 78.6 Å². The largest absolute Gasteiger partial charge is 0.462 e. The smallest absolute Gasteiger partial charge is 0.308 e. The molecular formula is C38H51NO11. The van der Waals surface area contributed by atoms with Crippen molar-refractivity contribution in [1.29, 1.82) is 0 Å². The molecule has 3 aliphatic rings. The maximum Gasteiger partial charge on any atom is 0.308 e. The molecule has 0 spiro atoms. The Morgan fingerprint density at radius 2 is 1.44 bits per heavy atom. The van der Waals surface area contributed by atoms with Gasteiger partial charge in [0.2, 0.25) is 0 Å². The van der Waals surface area contributed by atoms with Gasteiger partial charge in [-0.15, -0.1) is 0 Å². The molecular weight excluding hydrogens is 646 g/mol. The predicted octanol–water partition coefficient (Wildman–Crippen LogP) is 4.30. The number of hydrogen-bond donors (Lipinski definition) is 2. The summed E-state index contributed by atoms with van der Waals surface area (Å²) in [6.07, 6.45) is -6.62. The molecule has 0 aliphatic heterocycles. The van der Waals surface area contributed by atoms with E-state index in [0.717, 1.165) is 5.56 Å². The van der Waals surface area contributed by atoms with Gasteiger partial charge in [0.05, 0.1) is 17.9 Å². The minimum Gasteiger partial charge on any atom is -0.462 e. The quantitative estimate of drug-likeness (QED) is 0.214. The molecule has 4 rings (SSSR count). The van der Waals surface area contributed by atoms with Gasteiger partial charge >= 0.3 is 29.8 Å². The molecule has 12 heteroatoms. The van der Waals surface area contributed by atoms with Crippen molar-refractivity contribution >= 4 is 29.8 Å². The van der Waals surface area contributed by atoms with Gasteiger partial charge in [0.1, 0.15) is 18.3 Å². The molecule has 12 nitrogen and oxygen atoms in total. The number of hydrogen-bond acceptors (Lipinski definition) is 12. The topological polar surface area (TPSA) is 164 Å². The lowest BCUT2D eigenvalue weighted by atomic mass is 9.48. The molecule has 50 heavy (non-hydrogen) atoms. The van der Waals surface area contributed by atoms with Crippen LogP contribution in [0.1, 0.15) is 86.3 Å². The number of benzene rings is 1. The van der Waals surface area contributed by atoms with E-state index in [0.29, 0.717) is 16.7 Å². The third-order valence-electron chi connectivity index (χ3n) is 10.9. The molecule has 1 unspecified atom stereocenters. The van der Waals surface area contributed by atoms with Crippen LogP contribution in [0.15, 0.2) is 53.6 Å². The number of ether oxygens (including phenoxy) is 5. The van der Waals surface area contributed by atoms with Crippen molar-refractivity contribution in [2.24, 2.45) is 22.7 Å². The molecule has 2 fully saturated rings. The maximum atomic E-state index is 13.6. The molecule has 0 amide bonds. The Balaban J connectivity index is 1.90. The van der Waals surface area contributed by atoms with Crippen molar-refractivity contribution < 1.29 is 52.8 Å². The summed E-state index contributed by atoms with van der Waals surface area (Å²) >= 11 is 0. The molecule has 10 atom stereocenters. The summed E-state index contributed by atoms with van der Waals surface area (Å²) in [6, 6.07) is 9.07. The first-order valence-corrected chi connectivity index (χ1v) is 17.0. The van der Waals surface area contributed by atoms with Crippen molar-refractivity contribution in [2.75, 3.05) is 7.05 Å². The number of carbonyl (C=O) groups is 5. The summed E-state index contributed by atoms with van der Waals surface area (Å²) in [5, 5.41) is 15.8. The van der Waals surface area contributed by atoms with Gasteiger partial charge in [-0.1, -0.05) is 57.7 Å². The third-order valence-corrected chi connectivity index (χ3v) is 10.9. The van der Waals surface area contributed by atoms with E-state index in [2.05, 4.69) is 11.9 Å². The molecule has 2 N–H and O–H groups in total. The first-order valence-electron chi connectivity index (χ1n) is 17.0. The van der Waals surface area contributed by atoms with Crippen LogP contribution >= 0.6 is 0 Å². The fourth-order valence-corrected chi connectivity index (χ4v) is 8.75. The van der Waals surface area contributed by atoms with Gasteiger partial charge in [0.15, 0.2) is 12.2 Å². The van der Waals surface area contributed by atoms with Crippen molar-refractivity contribution in [2.45, 2.75) is 117 Å². The minimum atomic E-state index is -1.46. The number of carbonyl (C=O) groups excluding carboxylic acids is 5. The van der Waals surface area contributed by atoms with Crippen LogP contribution in [0.4, 0.5) is 0 Å². The van der Waals surface area contributed by atoms with Crippen molar-refractivity contribution in [3.05, 3.63) is 59.2 Å². The highest BCUT2D eigenvalue weighted by atomic mass is 16.6. The van der Waals surface area contributed by atoms with Crippen LogP contribution in [0.3, 0.4) is 0 Å². The van der Waals surface area contributed by atoms with Gasteiger partial charge in [-0.3, -0.25) is 24.0 Å². The zero-order chi connectivity index (χ0) is 37.3. The van der Waals surface area contributed by atoms with Crippen LogP contribution in [0.2, 0.25) is 0 Å². The molecule has 274 valence electrons. The minimum absolute atomic E-state index is 0.0231. The van der Waals surface area contributed by atoms with Crippen LogP contribution in [-0.2, 0) is 47.7 Å². The fourth-order valence-electron chi connectivity index (χ4n) is 8.75. The van der Waals surface area contributed by atoms with Crippen LogP contribution in [0, 0.1) is 22.7 Å². The lowest BCUT2D eigenvalue weighted by Crippen LogP contribution is -2.68. The number of fused-ring (bicyclic) bond motifs is 3. The normalized spacial score (nSPS) is 32.3. The summed E-state index contributed by atoms with van der Waals surface area (Å²) in [4.78, 5) is 64.3. The Kier molecular flexibility index (Phi) is 11.7. The third kappa shape index (κ3) is 7.51. The molecule has 1 aromatic rings. The molecule has 0 aromatic heterocycles. The molecule has 0 heterocycles. The van der Waals surface area contributed by atoms with E-state index in [9.17, 15) is 29.1 Å². The van der Waals surface area contributed by atoms with Crippen LogP contribution in [0.5, 0.6) is 0 Å². The molecule has 2 bridgehead atoms. The number of esters is 5. The first kappa shape index (κ1) is 38.8. The SMILES string of the molecule is C=C1[C@@H](OC(=O)CC(NC)c2ccccc2)C[C@H](OC(C)=O)[C@@]2(C)[C@@H](OC(C)=O)[C@H](OC(C)=O)C3=C(C)[C@@H](OC(C)=O)C[C@@H]([C@@H](O)[C@H]12)C3(C)C. The summed E-state index contributed by atoms with van der Waals surface area (Å²) < 4.78 is 29.9. The van der Waals surface area contributed by atoms with E-state index >= 15 is 0 Å². The Bertz CT molecular complexity index is 1530. The molecule has 1 aromatic carbocycles. The molecule has 0 saturated heterocycles. The van der Waals surface area contributed by atoms with E-state index in [4.69, 9.17) is 23.7 Å². The van der Waals surface area contributed by atoms with Gasteiger partial charge in [0.25, 0.3) is 0 Å². The second kappa shape index (κ2) is 15.1. The Labute approximate surface area is 293 Å². The lowest BCUT2D eigenvalue weighted by Gasteiger charge is -2.61. The second-order valence-electron chi connectivity index (χ2n) is 14.5. The summed E-state index contributed by atoms with van der Waals surface area (Å²) in [7, 11) is 1.74. The highest BCUT2D eigenvalue weighted by molar-refractivity contribution is 5.71. The molecule has 0 radical (unpaired) electrons. The summed E-state index contributed by atoms with van der Waals surface area (Å²) in [5.74, 6) is -4.78. The Morgan fingerprint density at radius 1 is 0.860 bits per heavy atom. The average molecular weight is 698 g/mol. The van der Waals surface area contributed by atoms with Gasteiger partial charge in [-0.2, -0.15) is 0 Å². The Morgan fingerprint density at radius 3 is 1.98 bits per heavy atom. The average Bonchev–Trinajstić information content (AvgIpc) is 3.01. The van der Waals surface area contributed by atoms with Crippen LogP contribution in [0.25, 0.3) is 0 Å². The van der Waals surface area contributed by atoms with Gasteiger partial charge in [-0.05, 0) is 54.0 Å². The van der Waals surface area contributed by atoms with E-state index in [1.54, 1.807) is 20.9 Å². The van der Waals surface area contributed by atoms with Gasteiger partial charge in [-0.25, -0.2) is 0 Å². The highest BCUT2D eigenvalue weighted by Crippen LogP contribution is 2.61. The fraction of sp³-hybridized carbons (Fsp3) is 0.605. The molecule has 2 saturated carbocycles. The zero-order valence-corrected chi connectivity index (χ0v) is 30.4. The number of aliphatic hydroxyl groups excluding tert-OH is 1. The number of nitrogens with one attached hydrogen (secondary N) is 1. The van der Waals surface area contributed by atoms with E-state index in [-0.39, 0.29) is 25.3 Å². The number of aliphatic hydroxyl groups is 1. The van der Waals surface area contributed by atoms with Crippen molar-refractivity contribution in [3.8, 4) is 0 Å². The van der Waals surface area contributed by atoms with E-state index in [1.807, 2.05) is 44.2 Å². The van der Waals surface area contributed by atoms with Gasteiger partial charge < -0.3 is 34.1 Å². The predicted molar refractivity (Wildman–Crippen MR) is 181 cm³/mol. The first-order chi connectivity index (χ1) is 23.3. The maximum absolute atomic E-state index is 13.6. The van der Waals surface area contributed by atoms with E-state index in [1.165, 1.54) is 27.7 Å². The van der Waals surface area contributed by atoms with Crippen molar-refractivity contribution in [3.63, 3.8) is 0 Å². The van der Waals surface area contributed by atoms with Crippen LogP contribution < -0.4 is 5.32 Å². The van der Waals surface area contributed by atoms with E-state index < -0.39 is 89.1 Å². The highest BCUT2D eigenvalue weighted by Gasteiger charge is 2.67. The number of rotatable bonds is 9. The lowest BCUT2D eigenvalue weighted by molar-refractivity contribution is -0.226. The molecule has 3 aliphatic carbocycles. The zero-order valence-electron chi connectivity index (χ0n) is 30.4. The monoisotopic (exact) mass is 697 g/mol. The second-order valence-corrected chi connectivity index (χ2v) is 14.5. The Hall–Kier alpha value is -4.03. The standard InChI is InChI=1S/C38H51NO11/c1-19-29(50-31(44)17-27(39-10)25-14-12-11-13-15-25)18-30(47-22(4)41)38(9)32(19)34(45)26-16-28(46-21(3)40)20(2)33(37(26,7)8)35(48-23(5)42)36(38)49-24(6)43/h11-15,26-30,32,34-36,39,45H,1,16-18H2,2-10H3/t26-,27?,28-,29-,30-,32-,34+,35+,36-,38+/m0/s1. The van der Waals surface area contributed by atoms with Gasteiger partial charge in [0, 0.05) is 46.1 Å². The summed E-state index contributed by atoms with van der Waals surface area (Å²) in [5.41, 5.74) is -0.0239. The summed E-state index contributed by atoms with van der Waals surface area (Å²) in [6.45, 7) is 16.6.